The molecule has 1 N–H and O–H groups in total. The van der Waals surface area contributed by atoms with Gasteiger partial charge in [-0.1, -0.05) is 26.7 Å². The molecule has 0 aliphatic heterocycles. The Kier molecular flexibility index (Phi) is 3.91. The van der Waals surface area contributed by atoms with Crippen molar-refractivity contribution in [3.8, 4) is 0 Å². The Morgan fingerprint density at radius 1 is 1.06 bits per heavy atom. The predicted octanol–water partition coefficient (Wildman–Crippen LogP) is 2.66. The lowest BCUT2D eigenvalue weighted by Crippen LogP contribution is -2.52. The summed E-state index contributed by atoms with van der Waals surface area (Å²) in [4.78, 5) is 2.49. The minimum Gasteiger partial charge on any atom is -0.391 e. The summed E-state index contributed by atoms with van der Waals surface area (Å²) in [6.07, 6.45) is 7.59. The topological polar surface area (TPSA) is 23.5 Å². The molecule has 0 spiro atoms. The number of hydrogen-bond acceptors (Lipinski definition) is 2. The second-order valence-electron chi connectivity index (χ2n) is 6.22. The van der Waals surface area contributed by atoms with Crippen molar-refractivity contribution >= 4 is 0 Å². The van der Waals surface area contributed by atoms with Crippen molar-refractivity contribution in [2.45, 2.75) is 70.6 Å². The third kappa shape index (κ3) is 2.43. The van der Waals surface area contributed by atoms with Crippen molar-refractivity contribution in [2.24, 2.45) is 11.8 Å². The van der Waals surface area contributed by atoms with E-state index in [9.17, 15) is 5.11 Å². The molecule has 0 aromatic rings. The van der Waals surface area contributed by atoms with Gasteiger partial charge in [-0.05, 0) is 44.6 Å². The Labute approximate surface area is 100 Å². The number of aliphatic hydroxyl groups excluding tert-OH is 1. The van der Waals surface area contributed by atoms with Crippen LogP contribution in [0, 0.1) is 11.8 Å². The van der Waals surface area contributed by atoms with Gasteiger partial charge >= 0.3 is 0 Å². The normalized spacial score (nSPS) is 41.8. The molecule has 2 saturated carbocycles. The highest BCUT2D eigenvalue weighted by atomic mass is 16.3. The third-order valence-corrected chi connectivity index (χ3v) is 4.77. The second-order valence-corrected chi connectivity index (χ2v) is 6.22. The summed E-state index contributed by atoms with van der Waals surface area (Å²) in [5.74, 6) is 1.34. The van der Waals surface area contributed by atoms with E-state index in [1.807, 2.05) is 0 Å². The van der Waals surface area contributed by atoms with Gasteiger partial charge in [-0.15, -0.1) is 0 Å². The standard InChI is InChI=1S/C14H27NO/c1-10-8-11(2)14(13(16)9-10)15(3)12-6-4-5-7-12/h10-14,16H,4-9H2,1-3H3. The Bertz CT molecular complexity index is 213. The lowest BCUT2D eigenvalue weighted by atomic mass is 9.77. The zero-order chi connectivity index (χ0) is 11.7. The van der Waals surface area contributed by atoms with Crippen LogP contribution in [0.15, 0.2) is 0 Å². The lowest BCUT2D eigenvalue weighted by Gasteiger charge is -2.44. The number of aliphatic hydroxyl groups is 1. The quantitative estimate of drug-likeness (QED) is 0.781. The first kappa shape index (κ1) is 12.4. The van der Waals surface area contributed by atoms with Gasteiger partial charge in [0.1, 0.15) is 0 Å². The molecule has 0 radical (unpaired) electrons. The number of rotatable bonds is 2. The Balaban J connectivity index is 2.00. The van der Waals surface area contributed by atoms with Crippen LogP contribution in [-0.2, 0) is 0 Å². The van der Waals surface area contributed by atoms with Crippen LogP contribution in [0.3, 0.4) is 0 Å². The van der Waals surface area contributed by atoms with E-state index in [2.05, 4.69) is 25.8 Å². The van der Waals surface area contributed by atoms with Crippen molar-refractivity contribution in [1.29, 1.82) is 0 Å². The average molecular weight is 225 g/mol. The van der Waals surface area contributed by atoms with Crippen molar-refractivity contribution < 1.29 is 5.11 Å². The smallest absolute Gasteiger partial charge is 0.0700 e. The van der Waals surface area contributed by atoms with Gasteiger partial charge in [-0.2, -0.15) is 0 Å². The fourth-order valence-electron chi connectivity index (χ4n) is 4.03. The molecule has 16 heavy (non-hydrogen) atoms. The third-order valence-electron chi connectivity index (χ3n) is 4.77. The molecule has 2 nitrogen and oxygen atoms in total. The van der Waals surface area contributed by atoms with Crippen LogP contribution < -0.4 is 0 Å². The van der Waals surface area contributed by atoms with Gasteiger partial charge in [-0.3, -0.25) is 4.90 Å². The van der Waals surface area contributed by atoms with Crippen LogP contribution in [-0.4, -0.2) is 35.2 Å². The van der Waals surface area contributed by atoms with E-state index in [4.69, 9.17) is 0 Å². The fraction of sp³-hybridized carbons (Fsp3) is 1.00. The van der Waals surface area contributed by atoms with Crippen molar-refractivity contribution in [3.05, 3.63) is 0 Å². The molecule has 0 aromatic heterocycles. The summed E-state index contributed by atoms with van der Waals surface area (Å²) in [7, 11) is 2.23. The summed E-state index contributed by atoms with van der Waals surface area (Å²) in [5.41, 5.74) is 0. The van der Waals surface area contributed by atoms with E-state index < -0.39 is 0 Å². The largest absolute Gasteiger partial charge is 0.391 e. The molecule has 4 unspecified atom stereocenters. The van der Waals surface area contributed by atoms with Crippen molar-refractivity contribution in [1.82, 2.24) is 4.90 Å². The SMILES string of the molecule is CC1CC(C)C(N(C)C2CCCC2)C(O)C1. The number of nitrogens with zero attached hydrogens (tertiary/aromatic N) is 1. The van der Waals surface area contributed by atoms with Crippen LogP contribution in [0.25, 0.3) is 0 Å². The monoisotopic (exact) mass is 225 g/mol. The molecule has 2 rings (SSSR count). The molecule has 94 valence electrons. The molecule has 0 amide bonds. The second kappa shape index (κ2) is 5.05. The molecule has 2 heteroatoms. The molecule has 2 aliphatic carbocycles. The van der Waals surface area contributed by atoms with Gasteiger partial charge in [0.15, 0.2) is 0 Å². The number of likely N-dealkylation sites (N-methyl/N-ethyl adjacent to an activating group) is 1. The van der Waals surface area contributed by atoms with Crippen molar-refractivity contribution in [2.75, 3.05) is 7.05 Å². The summed E-state index contributed by atoms with van der Waals surface area (Å²) in [6, 6.07) is 1.13. The molecule has 2 aliphatic rings. The first-order valence-corrected chi connectivity index (χ1v) is 6.99. The summed E-state index contributed by atoms with van der Waals surface area (Å²) in [5, 5.41) is 10.3. The van der Waals surface area contributed by atoms with Crippen LogP contribution in [0.4, 0.5) is 0 Å². The van der Waals surface area contributed by atoms with Crippen LogP contribution >= 0.6 is 0 Å². The fourth-order valence-corrected chi connectivity index (χ4v) is 4.03. The molecule has 2 fully saturated rings. The summed E-state index contributed by atoms with van der Waals surface area (Å²) < 4.78 is 0. The predicted molar refractivity (Wildman–Crippen MR) is 67.4 cm³/mol. The van der Waals surface area contributed by atoms with Crippen molar-refractivity contribution in [3.63, 3.8) is 0 Å². The minimum absolute atomic E-state index is 0.107. The van der Waals surface area contributed by atoms with Crippen LogP contribution in [0.5, 0.6) is 0 Å². The van der Waals surface area contributed by atoms with Gasteiger partial charge in [0.25, 0.3) is 0 Å². The van der Waals surface area contributed by atoms with Gasteiger partial charge < -0.3 is 5.11 Å². The molecule has 0 bridgehead atoms. The Morgan fingerprint density at radius 2 is 1.69 bits per heavy atom. The van der Waals surface area contributed by atoms with Gasteiger partial charge in [-0.25, -0.2) is 0 Å². The maximum Gasteiger partial charge on any atom is 0.0700 e. The van der Waals surface area contributed by atoms with E-state index in [-0.39, 0.29) is 6.10 Å². The zero-order valence-corrected chi connectivity index (χ0v) is 11.0. The number of hydrogen-bond donors (Lipinski definition) is 1. The van der Waals surface area contributed by atoms with Crippen LogP contribution in [0.2, 0.25) is 0 Å². The molecule has 0 aromatic carbocycles. The Morgan fingerprint density at radius 3 is 2.25 bits per heavy atom. The molecule has 0 heterocycles. The first-order valence-electron chi connectivity index (χ1n) is 6.99. The van der Waals surface area contributed by atoms with E-state index in [1.165, 1.54) is 32.1 Å². The maximum atomic E-state index is 10.3. The molecule has 4 atom stereocenters. The van der Waals surface area contributed by atoms with Gasteiger partial charge in [0.2, 0.25) is 0 Å². The highest BCUT2D eigenvalue weighted by Crippen LogP contribution is 2.35. The summed E-state index contributed by atoms with van der Waals surface area (Å²) in [6.45, 7) is 4.58. The zero-order valence-electron chi connectivity index (χ0n) is 11.0. The van der Waals surface area contributed by atoms with E-state index in [0.29, 0.717) is 17.9 Å². The highest BCUT2D eigenvalue weighted by molar-refractivity contribution is 4.92. The van der Waals surface area contributed by atoms with Gasteiger partial charge in [0.05, 0.1) is 6.10 Å². The molecule has 0 saturated heterocycles. The van der Waals surface area contributed by atoms with Gasteiger partial charge in [0, 0.05) is 12.1 Å². The van der Waals surface area contributed by atoms with E-state index >= 15 is 0 Å². The lowest BCUT2D eigenvalue weighted by molar-refractivity contribution is -0.0291. The maximum absolute atomic E-state index is 10.3. The van der Waals surface area contributed by atoms with E-state index in [1.54, 1.807) is 0 Å². The average Bonchev–Trinajstić information content (AvgIpc) is 2.67. The molecular formula is C14H27NO. The van der Waals surface area contributed by atoms with Crippen LogP contribution in [0.1, 0.15) is 52.4 Å². The minimum atomic E-state index is -0.107. The first-order chi connectivity index (χ1) is 7.59. The highest BCUT2D eigenvalue weighted by Gasteiger charge is 2.38. The molecular weight excluding hydrogens is 198 g/mol. The summed E-state index contributed by atoms with van der Waals surface area (Å²) >= 11 is 0. The Hall–Kier alpha value is -0.0800. The van der Waals surface area contributed by atoms with E-state index in [0.717, 1.165) is 12.5 Å².